The van der Waals surface area contributed by atoms with Crippen molar-refractivity contribution < 1.29 is 4.74 Å². The molecule has 9 nitrogen and oxygen atoms in total. The van der Waals surface area contributed by atoms with E-state index < -0.39 is 0 Å². The molecule has 3 fully saturated rings. The van der Waals surface area contributed by atoms with E-state index in [1.807, 2.05) is 12.4 Å². The quantitative estimate of drug-likeness (QED) is 0.551. The van der Waals surface area contributed by atoms with Gasteiger partial charge in [-0.05, 0) is 64.7 Å². The zero-order chi connectivity index (χ0) is 23.7. The van der Waals surface area contributed by atoms with Crippen molar-refractivity contribution >= 4 is 5.95 Å². The van der Waals surface area contributed by atoms with Crippen LogP contribution in [0.2, 0.25) is 0 Å². The lowest BCUT2D eigenvalue weighted by atomic mass is 9.81. The van der Waals surface area contributed by atoms with Gasteiger partial charge in [0, 0.05) is 62.0 Å². The Hall–Kier alpha value is -2.07. The normalized spacial score (nSPS) is 27.3. The predicted octanol–water partition coefficient (Wildman–Crippen LogP) is 1.52. The van der Waals surface area contributed by atoms with Gasteiger partial charge in [-0.1, -0.05) is 0 Å². The van der Waals surface area contributed by atoms with Gasteiger partial charge in [0.1, 0.15) is 0 Å². The van der Waals surface area contributed by atoms with Crippen molar-refractivity contribution in [1.29, 1.82) is 0 Å². The van der Waals surface area contributed by atoms with E-state index in [2.05, 4.69) is 37.3 Å². The Kier molecular flexibility index (Phi) is 6.75. The Bertz CT molecular complexity index is 983. The number of rotatable bonds is 8. The summed E-state index contributed by atoms with van der Waals surface area (Å²) in [5, 5.41) is 11.0. The summed E-state index contributed by atoms with van der Waals surface area (Å²) >= 11 is 0. The minimum Gasteiger partial charge on any atom is -0.378 e. The van der Waals surface area contributed by atoms with Crippen molar-refractivity contribution in [3.63, 3.8) is 0 Å². The van der Waals surface area contributed by atoms with Gasteiger partial charge in [0.25, 0.3) is 0 Å². The van der Waals surface area contributed by atoms with Crippen LogP contribution in [0.5, 0.6) is 0 Å². The number of aromatic nitrogens is 4. The number of anilines is 1. The van der Waals surface area contributed by atoms with Crippen LogP contribution in [0.15, 0.2) is 12.4 Å². The second kappa shape index (κ2) is 10.1. The molecule has 0 bridgehead atoms. The molecule has 1 spiro atoms. The molecule has 4 aliphatic rings. The van der Waals surface area contributed by atoms with Gasteiger partial charge < -0.3 is 24.8 Å². The van der Waals surface area contributed by atoms with Crippen LogP contribution in [0, 0.1) is 5.92 Å². The number of H-pyrrole nitrogens is 1. The third-order valence-electron chi connectivity index (χ3n) is 8.63. The zero-order valence-electron chi connectivity index (χ0n) is 21.1. The van der Waals surface area contributed by atoms with E-state index in [0.717, 1.165) is 63.0 Å². The Balaban J connectivity index is 1.14. The van der Waals surface area contributed by atoms with Gasteiger partial charge >= 0.3 is 0 Å². The zero-order valence-corrected chi connectivity index (χ0v) is 21.1. The monoisotopic (exact) mass is 480 g/mol. The first-order valence-electron chi connectivity index (χ1n) is 13.6. The molecule has 35 heavy (non-hydrogen) atoms. The number of hydrogen-bond donors (Lipinski definition) is 2. The molecule has 2 saturated heterocycles. The highest BCUT2D eigenvalue weighted by Gasteiger charge is 2.58. The fraction of sp³-hybridized carbons (Fsp3) is 0.731. The summed E-state index contributed by atoms with van der Waals surface area (Å²) in [4.78, 5) is 17.7. The van der Waals surface area contributed by atoms with E-state index in [4.69, 9.17) is 14.7 Å². The van der Waals surface area contributed by atoms with E-state index in [0.29, 0.717) is 5.92 Å². The third-order valence-corrected chi connectivity index (χ3v) is 8.63. The largest absolute Gasteiger partial charge is 0.378 e. The van der Waals surface area contributed by atoms with E-state index >= 15 is 0 Å². The molecule has 1 saturated carbocycles. The molecular weight excluding hydrogens is 440 g/mol. The number of aromatic amines is 1. The van der Waals surface area contributed by atoms with Gasteiger partial charge in [-0.3, -0.25) is 5.10 Å². The second-order valence-corrected chi connectivity index (χ2v) is 10.9. The molecule has 190 valence electrons. The Morgan fingerprint density at radius 3 is 2.80 bits per heavy atom. The number of piperazine rings is 1. The van der Waals surface area contributed by atoms with Crippen LogP contribution in [0.3, 0.4) is 0 Å². The van der Waals surface area contributed by atoms with Crippen molar-refractivity contribution in [3.8, 4) is 11.3 Å². The highest BCUT2D eigenvalue weighted by molar-refractivity contribution is 5.66. The minimum atomic E-state index is 0.223. The summed E-state index contributed by atoms with van der Waals surface area (Å²) in [7, 11) is 2.22. The summed E-state index contributed by atoms with van der Waals surface area (Å²) in [5.41, 5.74) is 5.05. The first-order chi connectivity index (χ1) is 17.2. The average Bonchev–Trinajstić information content (AvgIpc) is 3.30. The number of fused-ring (bicyclic) bond motifs is 2. The molecule has 4 heterocycles. The van der Waals surface area contributed by atoms with Gasteiger partial charge in [0.2, 0.25) is 5.95 Å². The molecule has 0 amide bonds. The molecule has 2 aliphatic heterocycles. The van der Waals surface area contributed by atoms with Crippen LogP contribution >= 0.6 is 0 Å². The Labute approximate surface area is 208 Å². The summed E-state index contributed by atoms with van der Waals surface area (Å²) in [6.07, 6.45) is 9.88. The van der Waals surface area contributed by atoms with Gasteiger partial charge in [-0.25, -0.2) is 9.97 Å². The highest BCUT2D eigenvalue weighted by Crippen LogP contribution is 2.60. The second-order valence-electron chi connectivity index (χ2n) is 10.9. The Morgan fingerprint density at radius 2 is 2.00 bits per heavy atom. The first-order valence-corrected chi connectivity index (χ1v) is 13.6. The predicted molar refractivity (Wildman–Crippen MR) is 137 cm³/mol. The van der Waals surface area contributed by atoms with Crippen molar-refractivity contribution in [2.75, 3.05) is 84.1 Å². The summed E-state index contributed by atoms with van der Waals surface area (Å²) in [5.74, 6) is 1.55. The number of morpholine rings is 1. The van der Waals surface area contributed by atoms with E-state index in [9.17, 15) is 0 Å². The lowest BCUT2D eigenvalue weighted by Crippen LogP contribution is -2.45. The summed E-state index contributed by atoms with van der Waals surface area (Å²) in [6, 6.07) is 0. The van der Waals surface area contributed by atoms with Crippen molar-refractivity contribution in [2.45, 2.75) is 37.5 Å². The number of nitrogens with one attached hydrogen (secondary N) is 2. The van der Waals surface area contributed by atoms with Crippen molar-refractivity contribution in [2.24, 2.45) is 5.92 Å². The number of nitrogens with zero attached hydrogens (tertiary/aromatic N) is 6. The molecule has 2 atom stereocenters. The summed E-state index contributed by atoms with van der Waals surface area (Å²) < 4.78 is 5.59. The van der Waals surface area contributed by atoms with E-state index in [-0.39, 0.29) is 5.41 Å². The lowest BCUT2D eigenvalue weighted by Gasteiger charge is -2.32. The fourth-order valence-electron chi connectivity index (χ4n) is 6.36. The molecular formula is C26H40N8O. The van der Waals surface area contributed by atoms with Crippen LogP contribution in [0.1, 0.15) is 36.9 Å². The highest BCUT2D eigenvalue weighted by atomic mass is 16.5. The lowest BCUT2D eigenvalue weighted by molar-refractivity contribution is 0.122. The van der Waals surface area contributed by atoms with Crippen LogP contribution in [0.4, 0.5) is 5.95 Å². The maximum Gasteiger partial charge on any atom is 0.226 e. The SMILES string of the molecule is CN1CCN(CCCNCC2CC23CCCc2c(-c4cn[nH]c4)nc(N4CCOCC4)nc23)CC1. The fourth-order valence-corrected chi connectivity index (χ4v) is 6.36. The van der Waals surface area contributed by atoms with Crippen LogP contribution in [-0.2, 0) is 16.6 Å². The molecule has 0 aromatic carbocycles. The molecule has 6 rings (SSSR count). The van der Waals surface area contributed by atoms with Gasteiger partial charge in [0.15, 0.2) is 0 Å². The minimum absolute atomic E-state index is 0.223. The first kappa shape index (κ1) is 23.3. The average molecular weight is 481 g/mol. The number of hydrogen-bond acceptors (Lipinski definition) is 8. The van der Waals surface area contributed by atoms with E-state index in [1.54, 1.807) is 0 Å². The van der Waals surface area contributed by atoms with Crippen LogP contribution in [0.25, 0.3) is 11.3 Å². The van der Waals surface area contributed by atoms with Crippen molar-refractivity contribution in [3.05, 3.63) is 23.7 Å². The maximum atomic E-state index is 5.59. The number of ether oxygens (including phenoxy) is 1. The molecule has 2 aromatic rings. The smallest absolute Gasteiger partial charge is 0.226 e. The maximum absolute atomic E-state index is 5.59. The Morgan fingerprint density at radius 1 is 1.14 bits per heavy atom. The van der Waals surface area contributed by atoms with Gasteiger partial charge in [0.05, 0.1) is 30.8 Å². The molecule has 0 radical (unpaired) electrons. The van der Waals surface area contributed by atoms with Crippen LogP contribution in [-0.4, -0.2) is 109 Å². The van der Waals surface area contributed by atoms with Gasteiger partial charge in [-0.15, -0.1) is 0 Å². The molecule has 2 N–H and O–H groups in total. The van der Waals surface area contributed by atoms with E-state index in [1.165, 1.54) is 69.7 Å². The van der Waals surface area contributed by atoms with Gasteiger partial charge in [-0.2, -0.15) is 5.10 Å². The van der Waals surface area contributed by atoms with Crippen molar-refractivity contribution in [1.82, 2.24) is 35.3 Å². The molecule has 2 aliphatic carbocycles. The summed E-state index contributed by atoms with van der Waals surface area (Å²) in [6.45, 7) is 11.4. The molecule has 2 aromatic heterocycles. The molecule has 2 unspecified atom stereocenters. The topological polar surface area (TPSA) is 85.4 Å². The number of likely N-dealkylation sites (N-methyl/N-ethyl adjacent to an activating group) is 1. The van der Waals surface area contributed by atoms with Crippen LogP contribution < -0.4 is 10.2 Å². The third kappa shape index (κ3) is 4.83. The molecule has 9 heteroatoms. The standard InChI is InChI=1S/C26H40N8O/c1-32-8-10-33(11-9-32)7-3-6-27-19-21-16-26(21)5-2-4-22-23(20-17-28-29-18-20)30-25(31-24(22)26)34-12-14-35-15-13-34/h17-18,21,27H,2-16,19H2,1H3,(H,28,29).